The zero-order valence-corrected chi connectivity index (χ0v) is 14.4. The van der Waals surface area contributed by atoms with E-state index in [4.69, 9.17) is 5.14 Å². The van der Waals surface area contributed by atoms with Crippen molar-refractivity contribution in [3.8, 4) is 0 Å². The maximum atomic E-state index is 12.4. The molecule has 23 heavy (non-hydrogen) atoms. The fraction of sp³-hybridized carbons (Fsp3) is 0.562. The van der Waals surface area contributed by atoms with E-state index in [2.05, 4.69) is 5.32 Å². The van der Waals surface area contributed by atoms with Crippen LogP contribution in [0.25, 0.3) is 0 Å². The van der Waals surface area contributed by atoms with Crippen LogP contribution in [0.1, 0.15) is 39.0 Å². The topological polar surface area (TPSA) is 93.7 Å². The Hall–Kier alpha value is -1.44. The standard InChI is InChI=1S/C16H25N3O3S/c1-13(19-11-5-3-2-4-6-12-19)16(20)18-14-7-9-15(10-8-14)23(17,21)22/h7-10,13H,2-6,11-12H2,1H3,(H,18,20)(H2,17,21,22)/p+1/t13-/m0/s1. The maximum Gasteiger partial charge on any atom is 0.282 e. The number of anilines is 1. The quantitative estimate of drug-likeness (QED) is 0.745. The Labute approximate surface area is 138 Å². The van der Waals surface area contributed by atoms with Crippen molar-refractivity contribution >= 4 is 21.6 Å². The van der Waals surface area contributed by atoms with Gasteiger partial charge in [0.05, 0.1) is 18.0 Å². The Morgan fingerprint density at radius 1 is 1.09 bits per heavy atom. The van der Waals surface area contributed by atoms with Gasteiger partial charge in [0.2, 0.25) is 10.0 Å². The van der Waals surface area contributed by atoms with Gasteiger partial charge in [-0.3, -0.25) is 4.79 Å². The Kier molecular flexibility index (Phi) is 6.15. The number of nitrogens with one attached hydrogen (secondary N) is 2. The highest BCUT2D eigenvalue weighted by atomic mass is 32.2. The lowest BCUT2D eigenvalue weighted by atomic mass is 10.1. The van der Waals surface area contributed by atoms with Gasteiger partial charge in [-0.2, -0.15) is 0 Å². The first-order chi connectivity index (χ1) is 10.9. The summed E-state index contributed by atoms with van der Waals surface area (Å²) in [6.07, 6.45) is 6.11. The van der Waals surface area contributed by atoms with E-state index in [1.54, 1.807) is 12.1 Å². The third-order valence-corrected chi connectivity index (χ3v) is 5.38. The largest absolute Gasteiger partial charge is 0.325 e. The van der Waals surface area contributed by atoms with Gasteiger partial charge >= 0.3 is 0 Å². The van der Waals surface area contributed by atoms with E-state index in [1.807, 2.05) is 6.92 Å². The molecule has 1 amide bonds. The average Bonchev–Trinajstić information content (AvgIpc) is 2.46. The lowest BCUT2D eigenvalue weighted by Gasteiger charge is -2.26. The smallest absolute Gasteiger partial charge is 0.282 e. The summed E-state index contributed by atoms with van der Waals surface area (Å²) in [5.41, 5.74) is 0.584. The highest BCUT2D eigenvalue weighted by molar-refractivity contribution is 7.89. The minimum Gasteiger partial charge on any atom is -0.325 e. The molecule has 1 aliphatic heterocycles. The summed E-state index contributed by atoms with van der Waals surface area (Å²) in [4.78, 5) is 13.8. The van der Waals surface area contributed by atoms with Crippen molar-refractivity contribution in [3.63, 3.8) is 0 Å². The van der Waals surface area contributed by atoms with Gasteiger partial charge in [-0.25, -0.2) is 13.6 Å². The summed E-state index contributed by atoms with van der Waals surface area (Å²) >= 11 is 0. The summed E-state index contributed by atoms with van der Waals surface area (Å²) in [6, 6.07) is 5.81. The van der Waals surface area contributed by atoms with E-state index < -0.39 is 10.0 Å². The maximum absolute atomic E-state index is 12.4. The van der Waals surface area contributed by atoms with Crippen LogP contribution in [0.3, 0.4) is 0 Å². The number of hydrogen-bond acceptors (Lipinski definition) is 3. The van der Waals surface area contributed by atoms with E-state index in [0.717, 1.165) is 25.9 Å². The molecule has 1 fully saturated rings. The van der Waals surface area contributed by atoms with Gasteiger partial charge in [0.25, 0.3) is 5.91 Å². The van der Waals surface area contributed by atoms with Crippen LogP contribution in [0.15, 0.2) is 29.2 Å². The fourth-order valence-corrected chi connectivity index (χ4v) is 3.47. The van der Waals surface area contributed by atoms with Crippen LogP contribution in [0.5, 0.6) is 0 Å². The Bertz CT molecular complexity index is 620. The van der Waals surface area contributed by atoms with Crippen LogP contribution in [0.4, 0.5) is 5.69 Å². The molecule has 7 heteroatoms. The average molecular weight is 340 g/mol. The summed E-state index contributed by atoms with van der Waals surface area (Å²) < 4.78 is 22.5. The molecule has 0 radical (unpaired) electrons. The number of likely N-dealkylation sites (tertiary alicyclic amines) is 1. The van der Waals surface area contributed by atoms with Gasteiger partial charge in [0.15, 0.2) is 6.04 Å². The third-order valence-electron chi connectivity index (χ3n) is 4.45. The van der Waals surface area contributed by atoms with E-state index in [9.17, 15) is 13.2 Å². The Morgan fingerprint density at radius 2 is 1.61 bits per heavy atom. The van der Waals surface area contributed by atoms with Gasteiger partial charge in [0.1, 0.15) is 0 Å². The molecular weight excluding hydrogens is 314 g/mol. The minimum atomic E-state index is -3.71. The molecule has 1 aliphatic rings. The number of carbonyl (C=O) groups excluding carboxylic acids is 1. The zero-order chi connectivity index (χ0) is 16.9. The molecule has 1 aromatic rings. The normalized spacial score (nSPS) is 18.7. The number of sulfonamides is 1. The fourth-order valence-electron chi connectivity index (χ4n) is 2.96. The molecule has 1 heterocycles. The predicted octanol–water partition coefficient (Wildman–Crippen LogP) is 0.510. The minimum absolute atomic E-state index is 0.0380. The number of hydrogen-bond donors (Lipinski definition) is 3. The molecule has 0 aromatic heterocycles. The first kappa shape index (κ1) is 17.9. The molecule has 1 saturated heterocycles. The highest BCUT2D eigenvalue weighted by Crippen LogP contribution is 2.12. The molecule has 4 N–H and O–H groups in total. The van der Waals surface area contributed by atoms with Gasteiger partial charge in [0, 0.05) is 5.69 Å². The molecule has 0 unspecified atom stereocenters. The second-order valence-electron chi connectivity index (χ2n) is 6.21. The molecule has 128 valence electrons. The first-order valence-corrected chi connectivity index (χ1v) is 9.71. The summed E-state index contributed by atoms with van der Waals surface area (Å²) in [7, 11) is -3.71. The predicted molar refractivity (Wildman–Crippen MR) is 89.7 cm³/mol. The van der Waals surface area contributed by atoms with Crippen molar-refractivity contribution in [2.24, 2.45) is 5.14 Å². The monoisotopic (exact) mass is 340 g/mol. The summed E-state index contributed by atoms with van der Waals surface area (Å²) in [6.45, 7) is 4.00. The van der Waals surface area contributed by atoms with Crippen LogP contribution in [0, 0.1) is 0 Å². The number of carbonyl (C=O) groups is 1. The van der Waals surface area contributed by atoms with E-state index >= 15 is 0 Å². The van der Waals surface area contributed by atoms with Gasteiger partial charge < -0.3 is 10.2 Å². The number of benzene rings is 1. The molecule has 1 atom stereocenters. The molecular formula is C16H26N3O3S+. The first-order valence-electron chi connectivity index (χ1n) is 8.16. The highest BCUT2D eigenvalue weighted by Gasteiger charge is 2.25. The molecule has 0 bridgehead atoms. The van der Waals surface area contributed by atoms with E-state index in [1.165, 1.54) is 36.3 Å². The number of primary sulfonamides is 1. The molecule has 2 rings (SSSR count). The van der Waals surface area contributed by atoms with Crippen LogP contribution >= 0.6 is 0 Å². The molecule has 6 nitrogen and oxygen atoms in total. The van der Waals surface area contributed by atoms with Crippen LogP contribution in [-0.2, 0) is 14.8 Å². The molecule has 0 saturated carbocycles. The lowest BCUT2D eigenvalue weighted by Crippen LogP contribution is -3.16. The Balaban J connectivity index is 1.97. The van der Waals surface area contributed by atoms with Crippen molar-refractivity contribution in [1.82, 2.24) is 0 Å². The molecule has 1 aromatic carbocycles. The number of amides is 1. The Morgan fingerprint density at radius 3 is 2.13 bits per heavy atom. The van der Waals surface area contributed by atoms with Crippen molar-refractivity contribution in [1.29, 1.82) is 0 Å². The van der Waals surface area contributed by atoms with E-state index in [0.29, 0.717) is 5.69 Å². The second kappa shape index (κ2) is 7.90. The van der Waals surface area contributed by atoms with Crippen molar-refractivity contribution in [3.05, 3.63) is 24.3 Å². The second-order valence-corrected chi connectivity index (χ2v) is 7.77. The van der Waals surface area contributed by atoms with Crippen molar-refractivity contribution in [2.75, 3.05) is 18.4 Å². The SMILES string of the molecule is C[C@@H](C(=O)Nc1ccc(S(N)(=O)=O)cc1)[NH+]1CCCCCCC1. The van der Waals surface area contributed by atoms with Crippen LogP contribution in [-0.4, -0.2) is 33.5 Å². The number of quaternary nitrogens is 1. The number of rotatable bonds is 4. The van der Waals surface area contributed by atoms with Gasteiger partial charge in [-0.1, -0.05) is 6.42 Å². The van der Waals surface area contributed by atoms with Crippen LogP contribution < -0.4 is 15.4 Å². The van der Waals surface area contributed by atoms with Crippen molar-refractivity contribution < 1.29 is 18.1 Å². The third kappa shape index (κ3) is 5.30. The van der Waals surface area contributed by atoms with Crippen LogP contribution in [0.2, 0.25) is 0 Å². The summed E-state index contributed by atoms with van der Waals surface area (Å²) in [5, 5.41) is 7.92. The number of nitrogens with two attached hydrogens (primary N) is 1. The van der Waals surface area contributed by atoms with E-state index in [-0.39, 0.29) is 16.8 Å². The molecule has 0 spiro atoms. The lowest BCUT2D eigenvalue weighted by molar-refractivity contribution is -0.914. The molecule has 0 aliphatic carbocycles. The van der Waals surface area contributed by atoms with Gasteiger partial charge in [-0.15, -0.1) is 0 Å². The summed E-state index contributed by atoms with van der Waals surface area (Å²) in [5.74, 6) is -0.0380. The zero-order valence-electron chi connectivity index (χ0n) is 13.5. The van der Waals surface area contributed by atoms with Gasteiger partial charge in [-0.05, 0) is 56.9 Å². The van der Waals surface area contributed by atoms with Crippen molar-refractivity contribution in [2.45, 2.75) is 50.0 Å².